The van der Waals surface area contributed by atoms with E-state index in [1.165, 1.54) is 24.4 Å². The van der Waals surface area contributed by atoms with E-state index < -0.39 is 12.2 Å². The Morgan fingerprint density at radius 3 is 2.73 bits per heavy atom. The van der Waals surface area contributed by atoms with Gasteiger partial charge in [0.2, 0.25) is 5.56 Å². The van der Waals surface area contributed by atoms with Crippen LogP contribution in [0.15, 0.2) is 65.6 Å². The molecule has 4 aromatic rings. The van der Waals surface area contributed by atoms with Gasteiger partial charge in [0.15, 0.2) is 6.23 Å². The van der Waals surface area contributed by atoms with Crippen molar-refractivity contribution in [1.82, 2.24) is 20.1 Å². The first-order chi connectivity index (χ1) is 17.8. The van der Waals surface area contributed by atoms with Crippen LogP contribution in [0.5, 0.6) is 0 Å². The third kappa shape index (κ3) is 5.89. The summed E-state index contributed by atoms with van der Waals surface area (Å²) in [6.45, 7) is 0.510. The molecule has 1 aliphatic heterocycles. The lowest BCUT2D eigenvalue weighted by molar-refractivity contribution is -0.158. The van der Waals surface area contributed by atoms with Crippen molar-refractivity contribution < 1.29 is 17.9 Å². The van der Waals surface area contributed by atoms with Gasteiger partial charge in [0.1, 0.15) is 6.04 Å². The molecule has 194 valence electrons. The molecule has 0 aliphatic carbocycles. The van der Waals surface area contributed by atoms with Crippen LogP contribution in [0.1, 0.15) is 53.9 Å². The number of ether oxygens (including phenoxy) is 1. The second kappa shape index (κ2) is 10.7. The predicted molar refractivity (Wildman–Crippen MR) is 136 cm³/mol. The molecular weight excluding hydrogens is 505 g/mol. The molecule has 2 aromatic carbocycles. The molecule has 0 saturated carbocycles. The van der Waals surface area contributed by atoms with Gasteiger partial charge in [0, 0.05) is 35.8 Å². The fourth-order valence-electron chi connectivity index (χ4n) is 4.78. The van der Waals surface area contributed by atoms with Crippen LogP contribution in [0.2, 0.25) is 5.02 Å². The summed E-state index contributed by atoms with van der Waals surface area (Å²) in [5.41, 5.74) is 2.48. The average molecular weight is 531 g/mol. The molecule has 0 spiro atoms. The molecule has 1 fully saturated rings. The van der Waals surface area contributed by atoms with Gasteiger partial charge in [0.05, 0.1) is 11.2 Å². The Morgan fingerprint density at radius 1 is 1.14 bits per heavy atom. The second-order valence-electron chi connectivity index (χ2n) is 9.21. The number of H-pyrrole nitrogens is 1. The maximum Gasteiger partial charge on any atom is 0.407 e. The molecule has 1 aliphatic rings. The van der Waals surface area contributed by atoms with Gasteiger partial charge in [-0.2, -0.15) is 18.3 Å². The quantitative estimate of drug-likeness (QED) is 0.304. The highest BCUT2D eigenvalue weighted by Gasteiger charge is 2.40. The van der Waals surface area contributed by atoms with Gasteiger partial charge in [-0.25, -0.2) is 4.68 Å². The Bertz CT molecular complexity index is 1440. The summed E-state index contributed by atoms with van der Waals surface area (Å²) < 4.78 is 50.3. The highest BCUT2D eigenvalue weighted by atomic mass is 35.5. The van der Waals surface area contributed by atoms with Gasteiger partial charge in [-0.1, -0.05) is 35.9 Å². The van der Waals surface area contributed by atoms with Gasteiger partial charge in [-0.05, 0) is 66.6 Å². The van der Waals surface area contributed by atoms with Crippen molar-refractivity contribution in [3.8, 4) is 0 Å². The molecule has 2 aromatic heterocycles. The standard InChI is InChI=1S/C27H26ClF3N4O2/c28-20-7-8-23-21(15-20)22(34-35(23)25-6-1-2-11-37-25)16-33-26(27(29,30)31)19-5-3-4-17(13-19)12-18-9-10-32-24(36)14-18/h3-5,7-10,13-15,25-26,33H,1-2,6,11-12,16H2,(H,32,36). The first-order valence-electron chi connectivity index (χ1n) is 12.1. The van der Waals surface area contributed by atoms with E-state index in [4.69, 9.17) is 16.3 Å². The molecule has 2 N–H and O–H groups in total. The highest BCUT2D eigenvalue weighted by molar-refractivity contribution is 6.31. The van der Waals surface area contributed by atoms with E-state index in [0.717, 1.165) is 30.3 Å². The lowest BCUT2D eigenvalue weighted by Gasteiger charge is -2.23. The number of aromatic nitrogens is 3. The minimum Gasteiger partial charge on any atom is -0.356 e. The van der Waals surface area contributed by atoms with Crippen molar-refractivity contribution in [1.29, 1.82) is 0 Å². The number of benzene rings is 2. The van der Waals surface area contributed by atoms with E-state index in [1.807, 2.05) is 6.07 Å². The highest BCUT2D eigenvalue weighted by Crippen LogP contribution is 2.35. The van der Waals surface area contributed by atoms with Crippen molar-refractivity contribution in [3.63, 3.8) is 0 Å². The van der Waals surface area contributed by atoms with E-state index in [9.17, 15) is 18.0 Å². The van der Waals surface area contributed by atoms with Crippen LogP contribution in [0.25, 0.3) is 10.9 Å². The minimum atomic E-state index is -4.54. The molecule has 6 nitrogen and oxygen atoms in total. The molecule has 0 radical (unpaired) electrons. The van der Waals surface area contributed by atoms with Crippen molar-refractivity contribution in [3.05, 3.63) is 98.6 Å². The fraction of sp³-hybridized carbons (Fsp3) is 0.333. The van der Waals surface area contributed by atoms with E-state index >= 15 is 0 Å². The molecule has 2 unspecified atom stereocenters. The number of aromatic amines is 1. The van der Waals surface area contributed by atoms with Gasteiger partial charge in [-0.15, -0.1) is 0 Å². The predicted octanol–water partition coefficient (Wildman–Crippen LogP) is 6.06. The van der Waals surface area contributed by atoms with Crippen LogP contribution < -0.4 is 10.9 Å². The molecule has 5 rings (SSSR count). The second-order valence-corrected chi connectivity index (χ2v) is 9.65. The first kappa shape index (κ1) is 25.5. The molecule has 0 bridgehead atoms. The molecule has 10 heteroatoms. The zero-order valence-corrected chi connectivity index (χ0v) is 20.6. The summed E-state index contributed by atoms with van der Waals surface area (Å²) in [6.07, 6.45) is -0.165. The third-order valence-electron chi connectivity index (χ3n) is 6.51. The van der Waals surface area contributed by atoms with E-state index in [2.05, 4.69) is 15.4 Å². The van der Waals surface area contributed by atoms with Gasteiger partial charge < -0.3 is 9.72 Å². The molecule has 1 saturated heterocycles. The SMILES string of the molecule is O=c1cc(Cc2cccc(C(NCc3nn(C4CCCCO4)c4ccc(Cl)cc34)C(F)(F)F)c2)cc[nH]1. The molecule has 0 amide bonds. The van der Waals surface area contributed by atoms with Crippen LogP contribution in [-0.2, 0) is 17.7 Å². The number of rotatable bonds is 7. The van der Waals surface area contributed by atoms with Crippen molar-refractivity contribution in [2.75, 3.05) is 6.61 Å². The average Bonchev–Trinajstić information content (AvgIpc) is 3.22. The van der Waals surface area contributed by atoms with Crippen molar-refractivity contribution in [2.24, 2.45) is 0 Å². The molecule has 2 atom stereocenters. The lowest BCUT2D eigenvalue weighted by Crippen LogP contribution is -2.34. The Hall–Kier alpha value is -3.14. The van der Waals surface area contributed by atoms with E-state index in [0.29, 0.717) is 34.7 Å². The third-order valence-corrected chi connectivity index (χ3v) is 6.74. The molecule has 3 heterocycles. The van der Waals surface area contributed by atoms with E-state index in [1.54, 1.807) is 35.0 Å². The van der Waals surface area contributed by atoms with Crippen LogP contribution in [0.4, 0.5) is 13.2 Å². The minimum absolute atomic E-state index is 0.0900. The Kier molecular flexibility index (Phi) is 7.37. The number of alkyl halides is 3. The maximum absolute atomic E-state index is 14.2. The summed E-state index contributed by atoms with van der Waals surface area (Å²) in [7, 11) is 0. The number of pyridine rings is 1. The summed E-state index contributed by atoms with van der Waals surface area (Å²) in [5, 5.41) is 8.51. The van der Waals surface area contributed by atoms with Gasteiger partial charge in [0.25, 0.3) is 0 Å². The Labute approximate surface area is 216 Å². The van der Waals surface area contributed by atoms with Crippen molar-refractivity contribution in [2.45, 2.75) is 50.7 Å². The van der Waals surface area contributed by atoms with Crippen LogP contribution >= 0.6 is 11.6 Å². The lowest BCUT2D eigenvalue weighted by atomic mass is 9.99. The summed E-state index contributed by atoms with van der Waals surface area (Å²) >= 11 is 6.22. The number of nitrogens with one attached hydrogen (secondary N) is 2. The zero-order chi connectivity index (χ0) is 26.0. The van der Waals surface area contributed by atoms with Gasteiger partial charge in [-0.3, -0.25) is 10.1 Å². The fourth-order valence-corrected chi connectivity index (χ4v) is 4.95. The number of nitrogens with zero attached hydrogens (tertiary/aromatic N) is 2. The Morgan fingerprint density at radius 2 is 1.97 bits per heavy atom. The van der Waals surface area contributed by atoms with Crippen LogP contribution in [0.3, 0.4) is 0 Å². The maximum atomic E-state index is 14.2. The number of fused-ring (bicyclic) bond motifs is 1. The largest absolute Gasteiger partial charge is 0.407 e. The summed E-state index contributed by atoms with van der Waals surface area (Å²) in [5.74, 6) is 0. The van der Waals surface area contributed by atoms with Crippen LogP contribution in [0, 0.1) is 0 Å². The number of halogens is 4. The molecule has 37 heavy (non-hydrogen) atoms. The number of hydrogen-bond acceptors (Lipinski definition) is 4. The van der Waals surface area contributed by atoms with E-state index in [-0.39, 0.29) is 23.9 Å². The smallest absolute Gasteiger partial charge is 0.356 e. The monoisotopic (exact) mass is 530 g/mol. The van der Waals surface area contributed by atoms with Crippen LogP contribution in [-0.4, -0.2) is 27.5 Å². The molecular formula is C27H26ClF3N4O2. The van der Waals surface area contributed by atoms with Gasteiger partial charge >= 0.3 is 6.18 Å². The summed E-state index contributed by atoms with van der Waals surface area (Å²) in [6, 6.07) is 12.9. The topological polar surface area (TPSA) is 71.9 Å². The zero-order valence-electron chi connectivity index (χ0n) is 19.9. The number of hydrogen-bond donors (Lipinski definition) is 2. The Balaban J connectivity index is 1.42. The first-order valence-corrected chi connectivity index (χ1v) is 12.5. The summed E-state index contributed by atoms with van der Waals surface area (Å²) in [4.78, 5) is 14.1. The normalized spacial score (nSPS) is 17.2. The van der Waals surface area contributed by atoms with Crippen molar-refractivity contribution >= 4 is 22.5 Å².